The number of likely N-dealkylation sites (N-methyl/N-ethyl adjacent to an activating group) is 1. The Morgan fingerprint density at radius 1 is 1.38 bits per heavy atom. The van der Waals surface area contributed by atoms with Crippen molar-refractivity contribution in [2.45, 2.75) is 32.9 Å². The summed E-state index contributed by atoms with van der Waals surface area (Å²) in [5.74, 6) is 0. The standard InChI is InChI=1S/C13H23N3/c1-5-13(16(3)4)10-14-9-12-7-6-11(2)8-15-12/h6-8,13-14H,5,9-10H2,1-4H3. The van der Waals surface area contributed by atoms with Crippen molar-refractivity contribution in [1.82, 2.24) is 15.2 Å². The second-order valence-electron chi connectivity index (χ2n) is 4.48. The minimum Gasteiger partial charge on any atom is -0.310 e. The van der Waals surface area contributed by atoms with Gasteiger partial charge in [0.05, 0.1) is 5.69 Å². The van der Waals surface area contributed by atoms with Crippen LogP contribution >= 0.6 is 0 Å². The Morgan fingerprint density at radius 3 is 2.62 bits per heavy atom. The average molecular weight is 221 g/mol. The molecule has 1 aromatic rings. The van der Waals surface area contributed by atoms with Crippen LogP contribution in [0.3, 0.4) is 0 Å². The van der Waals surface area contributed by atoms with Crippen molar-refractivity contribution >= 4 is 0 Å². The molecule has 0 aliphatic carbocycles. The van der Waals surface area contributed by atoms with Gasteiger partial charge in [-0.15, -0.1) is 0 Å². The molecule has 1 unspecified atom stereocenters. The van der Waals surface area contributed by atoms with Crippen molar-refractivity contribution in [2.24, 2.45) is 0 Å². The number of nitrogens with one attached hydrogen (secondary N) is 1. The molecule has 3 nitrogen and oxygen atoms in total. The van der Waals surface area contributed by atoms with Gasteiger partial charge in [-0.05, 0) is 39.1 Å². The molecule has 1 heterocycles. The third kappa shape index (κ3) is 4.29. The molecule has 0 spiro atoms. The fraction of sp³-hybridized carbons (Fsp3) is 0.615. The van der Waals surface area contributed by atoms with Crippen molar-refractivity contribution < 1.29 is 0 Å². The zero-order valence-electron chi connectivity index (χ0n) is 10.8. The molecule has 1 rings (SSSR count). The molecule has 0 aliphatic heterocycles. The fourth-order valence-electron chi connectivity index (χ4n) is 1.66. The normalized spacial score (nSPS) is 13.1. The molecule has 90 valence electrons. The summed E-state index contributed by atoms with van der Waals surface area (Å²) in [7, 11) is 4.25. The van der Waals surface area contributed by atoms with Gasteiger partial charge in [0.15, 0.2) is 0 Å². The molecule has 0 aromatic carbocycles. The van der Waals surface area contributed by atoms with E-state index in [-0.39, 0.29) is 0 Å². The summed E-state index contributed by atoms with van der Waals surface area (Å²) in [6, 6.07) is 4.79. The molecule has 0 bridgehead atoms. The third-order valence-corrected chi connectivity index (χ3v) is 2.86. The van der Waals surface area contributed by atoms with Crippen LogP contribution in [0.1, 0.15) is 24.6 Å². The smallest absolute Gasteiger partial charge is 0.0541 e. The van der Waals surface area contributed by atoms with Crippen molar-refractivity contribution in [3.63, 3.8) is 0 Å². The Labute approximate surface area is 98.9 Å². The van der Waals surface area contributed by atoms with Crippen molar-refractivity contribution in [2.75, 3.05) is 20.6 Å². The minimum atomic E-state index is 0.602. The van der Waals surface area contributed by atoms with Crippen LogP contribution < -0.4 is 5.32 Å². The molecule has 0 radical (unpaired) electrons. The lowest BCUT2D eigenvalue weighted by Crippen LogP contribution is -2.37. The SMILES string of the molecule is CCC(CNCc1ccc(C)cn1)N(C)C. The molecule has 1 atom stereocenters. The maximum Gasteiger partial charge on any atom is 0.0541 e. The van der Waals surface area contributed by atoms with Crippen LogP contribution in [-0.2, 0) is 6.54 Å². The largest absolute Gasteiger partial charge is 0.310 e. The van der Waals surface area contributed by atoms with Gasteiger partial charge in [0, 0.05) is 25.3 Å². The van der Waals surface area contributed by atoms with E-state index in [1.165, 1.54) is 12.0 Å². The predicted octanol–water partition coefficient (Wildman–Crippen LogP) is 1.82. The lowest BCUT2D eigenvalue weighted by atomic mass is 10.2. The van der Waals surface area contributed by atoms with E-state index in [0.717, 1.165) is 18.8 Å². The monoisotopic (exact) mass is 221 g/mol. The van der Waals surface area contributed by atoms with Gasteiger partial charge in [-0.1, -0.05) is 13.0 Å². The maximum atomic E-state index is 4.37. The summed E-state index contributed by atoms with van der Waals surface area (Å²) in [4.78, 5) is 6.63. The van der Waals surface area contributed by atoms with Crippen LogP contribution in [0.15, 0.2) is 18.3 Å². The first-order chi connectivity index (χ1) is 7.63. The predicted molar refractivity (Wildman–Crippen MR) is 68.4 cm³/mol. The Morgan fingerprint density at radius 2 is 2.12 bits per heavy atom. The highest BCUT2D eigenvalue weighted by Gasteiger charge is 2.07. The van der Waals surface area contributed by atoms with Gasteiger partial charge < -0.3 is 10.2 Å². The third-order valence-electron chi connectivity index (χ3n) is 2.86. The van der Waals surface area contributed by atoms with Crippen LogP contribution in [-0.4, -0.2) is 36.6 Å². The molecule has 1 aromatic heterocycles. The van der Waals surface area contributed by atoms with Gasteiger partial charge in [0.2, 0.25) is 0 Å². The number of rotatable bonds is 6. The summed E-state index contributed by atoms with van der Waals surface area (Å²) in [6.45, 7) is 6.14. The van der Waals surface area contributed by atoms with Crippen LogP contribution in [0.5, 0.6) is 0 Å². The van der Waals surface area contributed by atoms with Gasteiger partial charge in [-0.25, -0.2) is 0 Å². The Kier molecular flexibility index (Phi) is 5.43. The van der Waals surface area contributed by atoms with Gasteiger partial charge in [-0.3, -0.25) is 4.98 Å². The van der Waals surface area contributed by atoms with E-state index in [1.807, 2.05) is 6.20 Å². The Balaban J connectivity index is 2.32. The quantitative estimate of drug-likeness (QED) is 0.794. The molecule has 1 N–H and O–H groups in total. The van der Waals surface area contributed by atoms with Crippen LogP contribution in [0.25, 0.3) is 0 Å². The maximum absolute atomic E-state index is 4.37. The lowest BCUT2D eigenvalue weighted by molar-refractivity contribution is 0.275. The van der Waals surface area contributed by atoms with Gasteiger partial charge in [0.1, 0.15) is 0 Å². The number of nitrogens with zero attached hydrogens (tertiary/aromatic N) is 2. The fourth-order valence-corrected chi connectivity index (χ4v) is 1.66. The van der Waals surface area contributed by atoms with E-state index >= 15 is 0 Å². The van der Waals surface area contributed by atoms with Crippen LogP contribution in [0, 0.1) is 6.92 Å². The summed E-state index contributed by atoms with van der Waals surface area (Å²) in [5.41, 5.74) is 2.32. The lowest BCUT2D eigenvalue weighted by Gasteiger charge is -2.23. The van der Waals surface area contributed by atoms with E-state index in [2.05, 4.69) is 55.3 Å². The molecule has 0 saturated carbocycles. The van der Waals surface area contributed by atoms with E-state index in [4.69, 9.17) is 0 Å². The summed E-state index contributed by atoms with van der Waals surface area (Å²) >= 11 is 0. The molecule has 0 amide bonds. The first-order valence-electron chi connectivity index (χ1n) is 5.92. The summed E-state index contributed by atoms with van der Waals surface area (Å²) in [5, 5.41) is 3.45. The highest BCUT2D eigenvalue weighted by Crippen LogP contribution is 2.00. The molecule has 0 saturated heterocycles. The Hall–Kier alpha value is -0.930. The number of hydrogen-bond acceptors (Lipinski definition) is 3. The van der Waals surface area contributed by atoms with Crippen LogP contribution in [0.4, 0.5) is 0 Å². The van der Waals surface area contributed by atoms with E-state index < -0.39 is 0 Å². The molecular weight excluding hydrogens is 198 g/mol. The zero-order valence-corrected chi connectivity index (χ0v) is 10.8. The number of hydrogen-bond donors (Lipinski definition) is 1. The van der Waals surface area contributed by atoms with E-state index in [1.54, 1.807) is 0 Å². The van der Waals surface area contributed by atoms with Gasteiger partial charge >= 0.3 is 0 Å². The van der Waals surface area contributed by atoms with E-state index in [9.17, 15) is 0 Å². The molecule has 0 aliphatic rings. The first-order valence-corrected chi connectivity index (χ1v) is 5.92. The molecule has 16 heavy (non-hydrogen) atoms. The number of aromatic nitrogens is 1. The second-order valence-corrected chi connectivity index (χ2v) is 4.48. The topological polar surface area (TPSA) is 28.2 Å². The summed E-state index contributed by atoms with van der Waals surface area (Å²) < 4.78 is 0. The number of pyridine rings is 1. The first kappa shape index (κ1) is 13.1. The summed E-state index contributed by atoms with van der Waals surface area (Å²) in [6.07, 6.45) is 3.08. The van der Waals surface area contributed by atoms with Gasteiger partial charge in [0.25, 0.3) is 0 Å². The molecular formula is C13H23N3. The zero-order chi connectivity index (χ0) is 12.0. The highest BCUT2D eigenvalue weighted by atomic mass is 15.1. The number of aryl methyl sites for hydroxylation is 1. The second kappa shape index (κ2) is 6.61. The van der Waals surface area contributed by atoms with Crippen molar-refractivity contribution in [3.8, 4) is 0 Å². The molecule has 0 fully saturated rings. The minimum absolute atomic E-state index is 0.602. The highest BCUT2D eigenvalue weighted by molar-refractivity contribution is 5.11. The van der Waals surface area contributed by atoms with Crippen molar-refractivity contribution in [1.29, 1.82) is 0 Å². The van der Waals surface area contributed by atoms with Crippen molar-refractivity contribution in [3.05, 3.63) is 29.6 Å². The average Bonchev–Trinajstić information content (AvgIpc) is 2.26. The van der Waals surface area contributed by atoms with Gasteiger partial charge in [-0.2, -0.15) is 0 Å². The molecule has 3 heteroatoms. The van der Waals surface area contributed by atoms with Crippen LogP contribution in [0.2, 0.25) is 0 Å². The Bertz CT molecular complexity index is 293. The van der Waals surface area contributed by atoms with E-state index in [0.29, 0.717) is 6.04 Å².